The van der Waals surface area contributed by atoms with E-state index in [0.717, 1.165) is 17.7 Å². The zero-order valence-corrected chi connectivity index (χ0v) is 14.8. The Hall–Kier alpha value is -2.97. The first-order valence-corrected chi connectivity index (χ1v) is 8.17. The topological polar surface area (TPSA) is 81.8 Å². The number of methoxy groups -OCH3 is 1. The molecule has 0 fully saturated rings. The van der Waals surface area contributed by atoms with Crippen molar-refractivity contribution in [2.24, 2.45) is 10.7 Å². The van der Waals surface area contributed by atoms with Gasteiger partial charge in [0.1, 0.15) is 5.75 Å². The van der Waals surface area contributed by atoms with Crippen LogP contribution < -0.4 is 20.5 Å². The third-order valence-electron chi connectivity index (χ3n) is 3.52. The number of alkyl halides is 3. The van der Waals surface area contributed by atoms with Gasteiger partial charge in [0.15, 0.2) is 12.6 Å². The summed E-state index contributed by atoms with van der Waals surface area (Å²) in [6, 6.07) is 10.8. The number of hydrogen-bond donors (Lipinski definition) is 2. The number of benzene rings is 1. The predicted molar refractivity (Wildman–Crippen MR) is 95.8 cm³/mol. The summed E-state index contributed by atoms with van der Waals surface area (Å²) >= 11 is 0. The van der Waals surface area contributed by atoms with Crippen molar-refractivity contribution in [3.63, 3.8) is 0 Å². The molecular formula is C18H21F3N4O2. The largest absolute Gasteiger partial charge is 0.497 e. The van der Waals surface area contributed by atoms with Crippen LogP contribution in [0.2, 0.25) is 0 Å². The zero-order chi connectivity index (χ0) is 19.7. The van der Waals surface area contributed by atoms with Crippen LogP contribution in [0.5, 0.6) is 11.6 Å². The summed E-state index contributed by atoms with van der Waals surface area (Å²) in [7, 11) is 1.61. The maximum Gasteiger partial charge on any atom is 0.422 e. The highest BCUT2D eigenvalue weighted by Gasteiger charge is 2.29. The van der Waals surface area contributed by atoms with E-state index in [1.807, 2.05) is 24.3 Å². The molecule has 9 heteroatoms. The third kappa shape index (κ3) is 7.43. The average molecular weight is 382 g/mol. The maximum atomic E-state index is 12.3. The minimum Gasteiger partial charge on any atom is -0.497 e. The molecule has 1 aromatic carbocycles. The van der Waals surface area contributed by atoms with Crippen LogP contribution >= 0.6 is 0 Å². The van der Waals surface area contributed by atoms with Crippen molar-refractivity contribution in [3.05, 3.63) is 53.7 Å². The maximum absolute atomic E-state index is 12.3. The summed E-state index contributed by atoms with van der Waals surface area (Å²) in [5.41, 5.74) is 7.32. The summed E-state index contributed by atoms with van der Waals surface area (Å²) in [5, 5.41) is 2.96. The van der Waals surface area contributed by atoms with Gasteiger partial charge in [0.25, 0.3) is 0 Å². The lowest BCUT2D eigenvalue weighted by Crippen LogP contribution is -2.33. The second kappa shape index (κ2) is 9.65. The van der Waals surface area contributed by atoms with Gasteiger partial charge in [-0.2, -0.15) is 13.2 Å². The molecule has 0 unspecified atom stereocenters. The van der Waals surface area contributed by atoms with E-state index in [4.69, 9.17) is 15.2 Å². The molecule has 0 radical (unpaired) electrons. The molecule has 6 nitrogen and oxygen atoms in total. The van der Waals surface area contributed by atoms with Gasteiger partial charge in [-0.1, -0.05) is 18.2 Å². The van der Waals surface area contributed by atoms with Gasteiger partial charge in [0, 0.05) is 18.3 Å². The lowest BCUT2D eigenvalue weighted by molar-refractivity contribution is -0.154. The Labute approximate surface area is 155 Å². The zero-order valence-electron chi connectivity index (χ0n) is 14.8. The summed E-state index contributed by atoms with van der Waals surface area (Å²) in [6.07, 6.45) is -2.34. The number of pyridine rings is 1. The van der Waals surface area contributed by atoms with Crippen molar-refractivity contribution in [1.82, 2.24) is 10.3 Å². The van der Waals surface area contributed by atoms with Gasteiger partial charge in [-0.05, 0) is 30.2 Å². The normalized spacial score (nSPS) is 11.9. The lowest BCUT2D eigenvalue weighted by Gasteiger charge is -2.11. The highest BCUT2D eigenvalue weighted by molar-refractivity contribution is 5.77. The molecule has 0 atom stereocenters. The number of nitrogens with two attached hydrogens (primary N) is 1. The summed E-state index contributed by atoms with van der Waals surface area (Å²) in [4.78, 5) is 7.93. The minimum absolute atomic E-state index is 0.0579. The van der Waals surface area contributed by atoms with Crippen molar-refractivity contribution < 1.29 is 22.6 Å². The Morgan fingerprint density at radius 2 is 1.96 bits per heavy atom. The van der Waals surface area contributed by atoms with Gasteiger partial charge in [0.2, 0.25) is 5.88 Å². The molecule has 1 heterocycles. The van der Waals surface area contributed by atoms with Gasteiger partial charge < -0.3 is 20.5 Å². The number of guanidine groups is 1. The van der Waals surface area contributed by atoms with Gasteiger partial charge in [-0.25, -0.2) is 9.98 Å². The molecule has 1 aromatic heterocycles. The molecule has 2 rings (SSSR count). The first-order chi connectivity index (χ1) is 12.9. The van der Waals surface area contributed by atoms with Gasteiger partial charge in [0.05, 0.1) is 13.7 Å². The number of rotatable bonds is 8. The molecule has 0 aliphatic heterocycles. The molecule has 0 amide bonds. The second-order valence-electron chi connectivity index (χ2n) is 5.60. The Morgan fingerprint density at radius 3 is 2.63 bits per heavy atom. The number of nitrogens with one attached hydrogen (secondary N) is 1. The van der Waals surface area contributed by atoms with E-state index in [1.54, 1.807) is 19.2 Å². The second-order valence-corrected chi connectivity index (χ2v) is 5.60. The van der Waals surface area contributed by atoms with Gasteiger partial charge >= 0.3 is 6.18 Å². The van der Waals surface area contributed by atoms with Crippen LogP contribution in [0.1, 0.15) is 11.1 Å². The van der Waals surface area contributed by atoms with E-state index in [0.29, 0.717) is 12.1 Å². The number of halogens is 3. The Balaban J connectivity index is 1.84. The Bertz CT molecular complexity index is 749. The number of aromatic nitrogens is 1. The molecule has 0 saturated heterocycles. The van der Waals surface area contributed by atoms with E-state index >= 15 is 0 Å². The van der Waals surface area contributed by atoms with Crippen molar-refractivity contribution >= 4 is 5.96 Å². The van der Waals surface area contributed by atoms with Crippen LogP contribution in [0.4, 0.5) is 13.2 Å². The lowest BCUT2D eigenvalue weighted by atomic mass is 10.1. The standard InChI is InChI=1S/C18H21F3N4O2/c1-26-15-6-4-13(5-7-15)8-10-24-17(22)25-11-14-3-2-9-23-16(14)27-12-18(19,20)21/h2-7,9H,8,10-12H2,1H3,(H3,22,24,25). The summed E-state index contributed by atoms with van der Waals surface area (Å²) in [5.74, 6) is 0.867. The Morgan fingerprint density at radius 1 is 1.22 bits per heavy atom. The number of nitrogens with zero attached hydrogens (tertiary/aromatic N) is 2. The summed E-state index contributed by atoms with van der Waals surface area (Å²) in [6.45, 7) is -0.787. The molecular weight excluding hydrogens is 361 g/mol. The quantitative estimate of drug-likeness (QED) is 0.542. The van der Waals surface area contributed by atoms with E-state index in [-0.39, 0.29) is 18.4 Å². The first-order valence-electron chi connectivity index (χ1n) is 8.17. The number of aliphatic imine (C=N–C) groups is 1. The van der Waals surface area contributed by atoms with E-state index in [1.165, 1.54) is 6.20 Å². The first kappa shape index (κ1) is 20.3. The fourth-order valence-corrected chi connectivity index (χ4v) is 2.18. The van der Waals surface area contributed by atoms with E-state index in [2.05, 4.69) is 15.3 Å². The molecule has 0 bridgehead atoms. The molecule has 27 heavy (non-hydrogen) atoms. The van der Waals surface area contributed by atoms with Crippen LogP contribution in [0, 0.1) is 0 Å². The molecule has 0 spiro atoms. The van der Waals surface area contributed by atoms with Crippen molar-refractivity contribution in [2.75, 3.05) is 20.3 Å². The minimum atomic E-state index is -4.43. The smallest absolute Gasteiger partial charge is 0.422 e. The molecule has 0 aliphatic rings. The molecule has 2 aromatic rings. The SMILES string of the molecule is COc1ccc(CCNC(N)=NCc2cccnc2OCC(F)(F)F)cc1. The highest BCUT2D eigenvalue weighted by Crippen LogP contribution is 2.20. The predicted octanol–water partition coefficient (Wildman–Crippen LogP) is 2.68. The number of hydrogen-bond acceptors (Lipinski definition) is 4. The van der Waals surface area contributed by atoms with E-state index in [9.17, 15) is 13.2 Å². The van der Waals surface area contributed by atoms with Crippen LogP contribution in [0.15, 0.2) is 47.6 Å². The monoisotopic (exact) mass is 382 g/mol. The van der Waals surface area contributed by atoms with Crippen LogP contribution in [-0.2, 0) is 13.0 Å². The van der Waals surface area contributed by atoms with Gasteiger partial charge in [-0.3, -0.25) is 0 Å². The summed E-state index contributed by atoms with van der Waals surface area (Å²) < 4.78 is 46.7. The fraction of sp³-hybridized carbons (Fsp3) is 0.333. The highest BCUT2D eigenvalue weighted by atomic mass is 19.4. The van der Waals surface area contributed by atoms with Crippen LogP contribution in [0.3, 0.4) is 0 Å². The van der Waals surface area contributed by atoms with Crippen LogP contribution in [0.25, 0.3) is 0 Å². The van der Waals surface area contributed by atoms with E-state index < -0.39 is 12.8 Å². The Kier molecular flexibility index (Phi) is 7.27. The molecule has 0 aliphatic carbocycles. The fourth-order valence-electron chi connectivity index (χ4n) is 2.18. The van der Waals surface area contributed by atoms with Crippen molar-refractivity contribution in [2.45, 2.75) is 19.1 Å². The molecule has 146 valence electrons. The average Bonchev–Trinajstić information content (AvgIpc) is 2.65. The molecule has 3 N–H and O–H groups in total. The van der Waals surface area contributed by atoms with Crippen molar-refractivity contribution in [3.8, 4) is 11.6 Å². The molecule has 0 saturated carbocycles. The van der Waals surface area contributed by atoms with Crippen molar-refractivity contribution in [1.29, 1.82) is 0 Å². The van der Waals surface area contributed by atoms with Gasteiger partial charge in [-0.15, -0.1) is 0 Å². The number of ether oxygens (including phenoxy) is 2. The third-order valence-corrected chi connectivity index (χ3v) is 3.52. The van der Waals surface area contributed by atoms with Crippen LogP contribution in [-0.4, -0.2) is 37.4 Å².